The van der Waals surface area contributed by atoms with Crippen LogP contribution in [0.25, 0.3) is 0 Å². The van der Waals surface area contributed by atoms with Crippen molar-refractivity contribution in [1.82, 2.24) is 15.5 Å². The third kappa shape index (κ3) is 6.39. The molecule has 0 saturated carbocycles. The monoisotopic (exact) mass is 391 g/mol. The zero-order valence-electron chi connectivity index (χ0n) is 17.3. The second kappa shape index (κ2) is 10.3. The molecular weight excluding hydrogens is 354 g/mol. The predicted molar refractivity (Wildman–Crippen MR) is 118 cm³/mol. The van der Waals surface area contributed by atoms with Crippen LogP contribution in [0.1, 0.15) is 39.5 Å². The van der Waals surface area contributed by atoms with Crippen molar-refractivity contribution in [2.24, 2.45) is 16.8 Å². The fourth-order valence-corrected chi connectivity index (χ4v) is 5.11. The molecule has 0 aromatic carbocycles. The largest absolute Gasteiger partial charge is 0.363 e. The van der Waals surface area contributed by atoms with E-state index in [2.05, 4.69) is 56.8 Å². The van der Waals surface area contributed by atoms with Crippen molar-refractivity contribution in [2.45, 2.75) is 45.6 Å². The zero-order chi connectivity index (χ0) is 19.1. The maximum Gasteiger partial charge on any atom is 0.191 e. The molecule has 1 aromatic rings. The lowest BCUT2D eigenvalue weighted by Gasteiger charge is -2.35. The lowest BCUT2D eigenvalue weighted by Crippen LogP contribution is -2.50. The standard InChI is InChI=1S/C21H37N5S/c1-17(2)15-25-10-4-6-18(16-25)14-23-21(22-3)24-19-8-11-26(12-9-19)20-7-5-13-27-20/h5,7,13,17-19H,4,6,8-12,14-16H2,1-3H3,(H2,22,23,24). The van der Waals surface area contributed by atoms with Crippen LogP contribution < -0.4 is 15.5 Å². The molecule has 27 heavy (non-hydrogen) atoms. The number of nitrogens with zero attached hydrogens (tertiary/aromatic N) is 3. The van der Waals surface area contributed by atoms with Gasteiger partial charge in [0.05, 0.1) is 5.00 Å². The first-order chi connectivity index (χ1) is 13.1. The van der Waals surface area contributed by atoms with Gasteiger partial charge in [-0.05, 0) is 61.6 Å². The Balaban J connectivity index is 1.38. The number of likely N-dealkylation sites (tertiary alicyclic amines) is 1. The van der Waals surface area contributed by atoms with Crippen molar-refractivity contribution in [1.29, 1.82) is 0 Å². The van der Waals surface area contributed by atoms with Crippen LogP contribution in [0.4, 0.5) is 5.00 Å². The molecular formula is C21H37N5S. The Morgan fingerprint density at radius 1 is 1.26 bits per heavy atom. The van der Waals surface area contributed by atoms with Crippen LogP contribution in [-0.4, -0.2) is 63.2 Å². The van der Waals surface area contributed by atoms with Gasteiger partial charge < -0.3 is 20.4 Å². The summed E-state index contributed by atoms with van der Waals surface area (Å²) in [7, 11) is 1.89. The van der Waals surface area contributed by atoms with E-state index in [4.69, 9.17) is 0 Å². The highest BCUT2D eigenvalue weighted by atomic mass is 32.1. The molecule has 0 bridgehead atoms. The Kier molecular flexibility index (Phi) is 7.82. The topological polar surface area (TPSA) is 42.9 Å². The van der Waals surface area contributed by atoms with Crippen molar-refractivity contribution >= 4 is 22.3 Å². The summed E-state index contributed by atoms with van der Waals surface area (Å²) in [5.74, 6) is 2.47. The molecule has 0 aliphatic carbocycles. The number of nitrogens with one attached hydrogen (secondary N) is 2. The van der Waals surface area contributed by atoms with Crippen LogP contribution in [0, 0.1) is 11.8 Å². The average Bonchev–Trinajstić information content (AvgIpc) is 3.20. The van der Waals surface area contributed by atoms with E-state index in [0.717, 1.165) is 37.4 Å². The molecule has 152 valence electrons. The molecule has 2 N–H and O–H groups in total. The van der Waals surface area contributed by atoms with Gasteiger partial charge in [0.25, 0.3) is 0 Å². The van der Waals surface area contributed by atoms with Crippen LogP contribution in [0.3, 0.4) is 0 Å². The highest BCUT2D eigenvalue weighted by Gasteiger charge is 2.23. The van der Waals surface area contributed by atoms with Crippen LogP contribution in [-0.2, 0) is 0 Å². The van der Waals surface area contributed by atoms with Crippen molar-refractivity contribution in [3.63, 3.8) is 0 Å². The number of hydrogen-bond acceptors (Lipinski definition) is 4. The summed E-state index contributed by atoms with van der Waals surface area (Å²) in [6, 6.07) is 4.89. The van der Waals surface area contributed by atoms with Crippen LogP contribution in [0.2, 0.25) is 0 Å². The maximum atomic E-state index is 4.47. The van der Waals surface area contributed by atoms with E-state index >= 15 is 0 Å². The number of thiophene rings is 1. The Labute approximate surface area is 169 Å². The van der Waals surface area contributed by atoms with E-state index in [-0.39, 0.29) is 0 Å². The van der Waals surface area contributed by atoms with E-state index in [1.54, 1.807) is 0 Å². The highest BCUT2D eigenvalue weighted by Crippen LogP contribution is 2.24. The van der Waals surface area contributed by atoms with E-state index < -0.39 is 0 Å². The van der Waals surface area contributed by atoms with Crippen molar-refractivity contribution < 1.29 is 0 Å². The predicted octanol–water partition coefficient (Wildman–Crippen LogP) is 3.25. The van der Waals surface area contributed by atoms with Gasteiger partial charge in [0.15, 0.2) is 5.96 Å². The lowest BCUT2D eigenvalue weighted by atomic mass is 9.97. The zero-order valence-corrected chi connectivity index (χ0v) is 18.1. The summed E-state index contributed by atoms with van der Waals surface area (Å²) in [6.45, 7) is 11.6. The number of rotatable bonds is 6. The lowest BCUT2D eigenvalue weighted by molar-refractivity contribution is 0.159. The van der Waals surface area contributed by atoms with Gasteiger partial charge >= 0.3 is 0 Å². The SMILES string of the molecule is CN=C(NCC1CCCN(CC(C)C)C1)NC1CCN(c2cccs2)CC1. The van der Waals surface area contributed by atoms with Gasteiger partial charge in [0, 0.05) is 45.8 Å². The van der Waals surface area contributed by atoms with Gasteiger partial charge in [-0.25, -0.2) is 0 Å². The Bertz CT molecular complexity index is 563. The molecule has 3 rings (SSSR count). The van der Waals surface area contributed by atoms with E-state index in [0.29, 0.717) is 6.04 Å². The number of aliphatic imine (C=N–C) groups is 1. The first kappa shape index (κ1) is 20.5. The first-order valence-corrected chi connectivity index (χ1v) is 11.5. The summed E-state index contributed by atoms with van der Waals surface area (Å²) in [6.07, 6.45) is 5.00. The molecule has 0 spiro atoms. The van der Waals surface area contributed by atoms with Crippen LogP contribution >= 0.6 is 11.3 Å². The minimum atomic E-state index is 0.524. The van der Waals surface area contributed by atoms with Gasteiger partial charge in [-0.2, -0.15) is 0 Å². The number of piperidine rings is 2. The molecule has 1 atom stereocenters. The van der Waals surface area contributed by atoms with Gasteiger partial charge in [0.2, 0.25) is 0 Å². The van der Waals surface area contributed by atoms with Crippen LogP contribution in [0.5, 0.6) is 0 Å². The molecule has 5 nitrogen and oxygen atoms in total. The summed E-state index contributed by atoms with van der Waals surface area (Å²) < 4.78 is 0. The third-order valence-corrected chi connectivity index (χ3v) is 6.59. The Morgan fingerprint density at radius 2 is 2.07 bits per heavy atom. The number of anilines is 1. The van der Waals surface area contributed by atoms with Crippen molar-refractivity contribution in [2.75, 3.05) is 51.2 Å². The summed E-state index contributed by atoms with van der Waals surface area (Å²) in [5, 5.41) is 10.8. The van der Waals surface area contributed by atoms with Gasteiger partial charge in [-0.15, -0.1) is 11.3 Å². The fourth-order valence-electron chi connectivity index (χ4n) is 4.32. The number of guanidine groups is 1. The minimum absolute atomic E-state index is 0.524. The molecule has 2 aliphatic rings. The highest BCUT2D eigenvalue weighted by molar-refractivity contribution is 7.14. The molecule has 6 heteroatoms. The van der Waals surface area contributed by atoms with E-state index in [1.807, 2.05) is 18.4 Å². The second-order valence-corrected chi connectivity index (χ2v) is 9.40. The van der Waals surface area contributed by atoms with Gasteiger partial charge in [0.1, 0.15) is 0 Å². The van der Waals surface area contributed by atoms with Crippen molar-refractivity contribution in [3.8, 4) is 0 Å². The summed E-state index contributed by atoms with van der Waals surface area (Å²) in [4.78, 5) is 9.61. The molecule has 0 radical (unpaired) electrons. The minimum Gasteiger partial charge on any atom is -0.363 e. The van der Waals surface area contributed by atoms with E-state index in [1.165, 1.54) is 50.3 Å². The summed E-state index contributed by atoms with van der Waals surface area (Å²) in [5.41, 5.74) is 0. The maximum absolute atomic E-state index is 4.47. The molecule has 2 fully saturated rings. The Hall–Kier alpha value is -1.27. The molecule has 3 heterocycles. The quantitative estimate of drug-likeness (QED) is 0.577. The average molecular weight is 392 g/mol. The Morgan fingerprint density at radius 3 is 2.74 bits per heavy atom. The van der Waals surface area contributed by atoms with Gasteiger partial charge in [-0.1, -0.05) is 13.8 Å². The fraction of sp³-hybridized carbons (Fsp3) is 0.762. The number of hydrogen-bond donors (Lipinski definition) is 2. The van der Waals surface area contributed by atoms with E-state index in [9.17, 15) is 0 Å². The first-order valence-electron chi connectivity index (χ1n) is 10.6. The third-order valence-electron chi connectivity index (χ3n) is 5.66. The molecule has 0 amide bonds. The normalized spacial score (nSPS) is 23.0. The van der Waals surface area contributed by atoms with Crippen molar-refractivity contribution in [3.05, 3.63) is 17.5 Å². The molecule has 1 aromatic heterocycles. The smallest absolute Gasteiger partial charge is 0.191 e. The molecule has 2 aliphatic heterocycles. The van der Waals surface area contributed by atoms with Crippen LogP contribution in [0.15, 0.2) is 22.5 Å². The second-order valence-electron chi connectivity index (χ2n) is 8.47. The van der Waals surface area contributed by atoms with Gasteiger partial charge in [-0.3, -0.25) is 4.99 Å². The molecule has 2 saturated heterocycles. The molecule has 1 unspecified atom stereocenters. The summed E-state index contributed by atoms with van der Waals surface area (Å²) >= 11 is 1.84.